The van der Waals surface area contributed by atoms with Gasteiger partial charge in [-0.1, -0.05) is 29.3 Å². The highest BCUT2D eigenvalue weighted by molar-refractivity contribution is 6.35. The smallest absolute Gasteiger partial charge is 0.0652 e. The van der Waals surface area contributed by atoms with Gasteiger partial charge in [-0.2, -0.15) is 0 Å². The molecule has 0 unspecified atom stereocenters. The summed E-state index contributed by atoms with van der Waals surface area (Å²) in [5.41, 5.74) is 0.968. The van der Waals surface area contributed by atoms with Gasteiger partial charge in [-0.3, -0.25) is 9.88 Å². The van der Waals surface area contributed by atoms with Crippen molar-refractivity contribution < 1.29 is 0 Å². The first-order chi connectivity index (χ1) is 8.74. The Kier molecular flexibility index (Phi) is 9.81. The summed E-state index contributed by atoms with van der Waals surface area (Å²) in [7, 11) is 0. The van der Waals surface area contributed by atoms with E-state index in [0.29, 0.717) is 10.0 Å². The third-order valence-corrected chi connectivity index (χ3v) is 3.81. The predicted octanol–water partition coefficient (Wildman–Crippen LogP) is 3.75. The third-order valence-electron chi connectivity index (χ3n) is 3.21. The summed E-state index contributed by atoms with van der Waals surface area (Å²) < 4.78 is 0. The van der Waals surface area contributed by atoms with Crippen molar-refractivity contribution in [2.45, 2.75) is 12.5 Å². The molecule has 1 aliphatic heterocycles. The molecule has 2 rings (SSSR count). The van der Waals surface area contributed by atoms with Crippen molar-refractivity contribution >= 4 is 48.0 Å². The van der Waals surface area contributed by atoms with Crippen molar-refractivity contribution in [3.8, 4) is 0 Å². The fourth-order valence-electron chi connectivity index (χ4n) is 2.34. The van der Waals surface area contributed by atoms with Crippen LogP contribution in [0.5, 0.6) is 0 Å². The van der Waals surface area contributed by atoms with Crippen molar-refractivity contribution in [2.24, 2.45) is 0 Å². The lowest BCUT2D eigenvalue weighted by molar-refractivity contribution is 0.174. The molecule has 1 aromatic heterocycles. The molecule has 0 aromatic carbocycles. The molecule has 1 fully saturated rings. The number of aromatic nitrogens is 1. The van der Waals surface area contributed by atoms with E-state index >= 15 is 0 Å². The van der Waals surface area contributed by atoms with E-state index in [2.05, 4.69) is 21.8 Å². The van der Waals surface area contributed by atoms with Crippen molar-refractivity contribution in [2.75, 3.05) is 26.2 Å². The van der Waals surface area contributed by atoms with Crippen LogP contribution in [-0.2, 0) is 0 Å². The van der Waals surface area contributed by atoms with Gasteiger partial charge in [-0.15, -0.1) is 31.4 Å². The molecule has 0 bridgehead atoms. The third kappa shape index (κ3) is 4.76. The second-order valence-electron chi connectivity index (χ2n) is 4.34. The number of rotatable bonds is 4. The Morgan fingerprint density at radius 3 is 2.30 bits per heavy atom. The molecule has 1 aromatic rings. The lowest BCUT2D eigenvalue weighted by Gasteiger charge is -2.35. The van der Waals surface area contributed by atoms with Gasteiger partial charge < -0.3 is 5.32 Å². The van der Waals surface area contributed by atoms with Gasteiger partial charge >= 0.3 is 0 Å². The molecule has 0 spiro atoms. The van der Waals surface area contributed by atoms with Crippen molar-refractivity contribution in [3.63, 3.8) is 0 Å². The summed E-state index contributed by atoms with van der Waals surface area (Å²) in [5, 5.41) is 4.61. The van der Waals surface area contributed by atoms with Crippen LogP contribution in [-0.4, -0.2) is 36.1 Å². The van der Waals surface area contributed by atoms with Crippen LogP contribution in [0.4, 0.5) is 0 Å². The summed E-state index contributed by atoms with van der Waals surface area (Å²) in [6.45, 7) is 7.81. The Bertz CT molecular complexity index is 402. The van der Waals surface area contributed by atoms with E-state index in [1.807, 2.05) is 6.08 Å². The van der Waals surface area contributed by atoms with Crippen LogP contribution < -0.4 is 5.32 Å². The van der Waals surface area contributed by atoms with Gasteiger partial charge in [0.15, 0.2) is 0 Å². The van der Waals surface area contributed by atoms with Crippen molar-refractivity contribution in [1.29, 1.82) is 0 Å². The van der Waals surface area contributed by atoms with Crippen LogP contribution in [0.15, 0.2) is 25.0 Å². The van der Waals surface area contributed by atoms with Crippen LogP contribution in [0.3, 0.4) is 0 Å². The number of pyridine rings is 1. The van der Waals surface area contributed by atoms with E-state index in [0.717, 1.165) is 38.2 Å². The molecule has 1 saturated heterocycles. The van der Waals surface area contributed by atoms with Gasteiger partial charge in [0.25, 0.3) is 0 Å². The summed E-state index contributed by atoms with van der Waals surface area (Å²) in [5.74, 6) is 0. The topological polar surface area (TPSA) is 28.2 Å². The fourth-order valence-corrected chi connectivity index (χ4v) is 2.96. The summed E-state index contributed by atoms with van der Waals surface area (Å²) >= 11 is 12.5. The van der Waals surface area contributed by atoms with Crippen LogP contribution in [0.2, 0.25) is 10.0 Å². The SMILES string of the molecule is C=CC[C@H](c1c(Cl)cncc1Cl)N1CCNCC1.Cl.Cl. The largest absolute Gasteiger partial charge is 0.314 e. The molecule has 20 heavy (non-hydrogen) atoms. The van der Waals surface area contributed by atoms with Crippen LogP contribution in [0, 0.1) is 0 Å². The van der Waals surface area contributed by atoms with Gasteiger partial charge in [-0.05, 0) is 6.42 Å². The number of piperazine rings is 1. The first-order valence-electron chi connectivity index (χ1n) is 6.08. The molecule has 1 N–H and O–H groups in total. The van der Waals surface area contributed by atoms with Crippen LogP contribution in [0.1, 0.15) is 18.0 Å². The zero-order chi connectivity index (χ0) is 13.0. The molecule has 0 amide bonds. The molecule has 7 heteroatoms. The molecular formula is C13H19Cl4N3. The number of nitrogens with one attached hydrogen (secondary N) is 1. The normalized spacial score (nSPS) is 16.7. The van der Waals surface area contributed by atoms with E-state index in [1.165, 1.54) is 0 Å². The summed E-state index contributed by atoms with van der Waals surface area (Å²) in [6, 6.07) is 0.188. The minimum atomic E-state index is 0. The average molecular weight is 359 g/mol. The van der Waals surface area contributed by atoms with Gasteiger partial charge in [0.2, 0.25) is 0 Å². The maximum Gasteiger partial charge on any atom is 0.0652 e. The van der Waals surface area contributed by atoms with Crippen molar-refractivity contribution in [1.82, 2.24) is 15.2 Å². The van der Waals surface area contributed by atoms with Gasteiger partial charge in [0, 0.05) is 50.2 Å². The zero-order valence-corrected chi connectivity index (χ0v) is 14.2. The predicted molar refractivity (Wildman–Crippen MR) is 90.8 cm³/mol. The molecule has 3 nitrogen and oxygen atoms in total. The summed E-state index contributed by atoms with van der Waals surface area (Å²) in [4.78, 5) is 6.41. The van der Waals surface area contributed by atoms with E-state index in [4.69, 9.17) is 23.2 Å². The fraction of sp³-hybridized carbons (Fsp3) is 0.462. The Morgan fingerprint density at radius 2 is 1.80 bits per heavy atom. The van der Waals surface area contributed by atoms with E-state index in [1.54, 1.807) is 12.4 Å². The van der Waals surface area contributed by atoms with Gasteiger partial charge in [0.1, 0.15) is 0 Å². The first kappa shape index (κ1) is 20.0. The van der Waals surface area contributed by atoms with Crippen molar-refractivity contribution in [3.05, 3.63) is 40.7 Å². The van der Waals surface area contributed by atoms with E-state index in [9.17, 15) is 0 Å². The summed E-state index contributed by atoms with van der Waals surface area (Å²) in [6.07, 6.45) is 6.06. The number of halogens is 4. The maximum atomic E-state index is 6.26. The van der Waals surface area contributed by atoms with Gasteiger partial charge in [0.05, 0.1) is 10.0 Å². The molecule has 0 radical (unpaired) electrons. The Hall–Kier alpha value is -0.0300. The molecule has 0 saturated carbocycles. The highest BCUT2D eigenvalue weighted by atomic mass is 35.5. The number of nitrogens with zero attached hydrogens (tertiary/aromatic N) is 2. The van der Waals surface area contributed by atoms with Crippen LogP contribution in [0.25, 0.3) is 0 Å². The molecule has 1 aliphatic rings. The second-order valence-corrected chi connectivity index (χ2v) is 5.16. The molecule has 1 atom stereocenters. The molecule has 2 heterocycles. The monoisotopic (exact) mass is 357 g/mol. The van der Waals surface area contributed by atoms with E-state index < -0.39 is 0 Å². The minimum absolute atomic E-state index is 0. The highest BCUT2D eigenvalue weighted by Crippen LogP contribution is 2.35. The minimum Gasteiger partial charge on any atom is -0.314 e. The Morgan fingerprint density at radius 1 is 1.25 bits per heavy atom. The van der Waals surface area contributed by atoms with Gasteiger partial charge in [-0.25, -0.2) is 0 Å². The quantitative estimate of drug-likeness (QED) is 0.830. The van der Waals surface area contributed by atoms with E-state index in [-0.39, 0.29) is 30.9 Å². The highest BCUT2D eigenvalue weighted by Gasteiger charge is 2.25. The maximum absolute atomic E-state index is 6.26. The van der Waals surface area contributed by atoms with Crippen LogP contribution >= 0.6 is 48.0 Å². The first-order valence-corrected chi connectivity index (χ1v) is 6.84. The Labute approximate surface area is 142 Å². The standard InChI is InChI=1S/C13H17Cl2N3.2ClH/c1-2-3-12(18-6-4-16-5-7-18)13-10(14)8-17-9-11(13)15;;/h2,8-9,12,16H,1,3-7H2;2*1H/t12-;;/m1../s1. The second kappa shape index (κ2) is 9.82. The zero-order valence-electron chi connectivity index (χ0n) is 11.0. The number of hydrogen-bond donors (Lipinski definition) is 1. The molecular weight excluding hydrogens is 340 g/mol. The average Bonchev–Trinajstić information content (AvgIpc) is 2.38. The lowest BCUT2D eigenvalue weighted by atomic mass is 10.0. The number of hydrogen-bond acceptors (Lipinski definition) is 3. The lowest BCUT2D eigenvalue weighted by Crippen LogP contribution is -2.45. The molecule has 114 valence electrons. The Balaban J connectivity index is 0.00000180. The molecule has 0 aliphatic carbocycles.